The molecule has 1 amide bonds. The van der Waals surface area contributed by atoms with E-state index < -0.39 is 0 Å². The van der Waals surface area contributed by atoms with Crippen LogP contribution in [0.2, 0.25) is 0 Å². The number of fused-ring (bicyclic) bond motifs is 2. The molecule has 146 valence electrons. The van der Waals surface area contributed by atoms with Gasteiger partial charge in [0.15, 0.2) is 5.43 Å². The summed E-state index contributed by atoms with van der Waals surface area (Å²) in [6.07, 6.45) is 0.715. The van der Waals surface area contributed by atoms with E-state index >= 15 is 0 Å². The van der Waals surface area contributed by atoms with E-state index in [1.807, 2.05) is 71.3 Å². The first-order valence-electron chi connectivity index (χ1n) is 9.69. The van der Waals surface area contributed by atoms with E-state index in [1.54, 1.807) is 12.1 Å². The topological polar surface area (TPSA) is 60.3 Å². The monoisotopic (exact) mass is 386 g/mol. The zero-order chi connectivity index (χ0) is 20.1. The number of ether oxygens (including phenoxy) is 1. The van der Waals surface area contributed by atoms with Gasteiger partial charge < -0.3 is 14.6 Å². The van der Waals surface area contributed by atoms with Gasteiger partial charge in [0.2, 0.25) is 5.91 Å². The van der Waals surface area contributed by atoms with E-state index in [2.05, 4.69) is 5.32 Å². The largest absolute Gasteiger partial charge is 0.494 e. The Bertz CT molecular complexity index is 1140. The standard InChI is InChI=1S/C24H22N2O3/c27-23(25-15-8-16-29-18-9-2-1-3-10-18)17-26-21-13-6-4-11-19(21)24(28)20-12-5-7-14-22(20)26/h1-7,9-14H,8,15-17H2,(H,25,27). The smallest absolute Gasteiger partial charge is 0.239 e. The van der Waals surface area contributed by atoms with E-state index in [0.29, 0.717) is 30.3 Å². The average molecular weight is 386 g/mol. The van der Waals surface area contributed by atoms with Crippen LogP contribution in [0.4, 0.5) is 0 Å². The molecule has 0 aliphatic rings. The van der Waals surface area contributed by atoms with Crippen LogP contribution in [0.15, 0.2) is 83.7 Å². The molecule has 0 spiro atoms. The number of nitrogens with one attached hydrogen (secondary N) is 1. The number of pyridine rings is 1. The molecule has 0 aliphatic heterocycles. The molecule has 5 nitrogen and oxygen atoms in total. The molecule has 0 radical (unpaired) electrons. The number of nitrogens with zero attached hydrogens (tertiary/aromatic N) is 1. The van der Waals surface area contributed by atoms with Crippen molar-refractivity contribution >= 4 is 27.7 Å². The minimum Gasteiger partial charge on any atom is -0.494 e. The SMILES string of the molecule is O=C(Cn1c2ccccc2c(=O)c2ccccc21)NCCCOc1ccccc1. The van der Waals surface area contributed by atoms with E-state index in [-0.39, 0.29) is 17.9 Å². The molecule has 0 bridgehead atoms. The summed E-state index contributed by atoms with van der Waals surface area (Å²) in [5, 5.41) is 4.18. The summed E-state index contributed by atoms with van der Waals surface area (Å²) in [5.74, 6) is 0.730. The molecule has 4 aromatic rings. The third-order valence-corrected chi connectivity index (χ3v) is 4.84. The van der Waals surface area contributed by atoms with Gasteiger partial charge in [-0.05, 0) is 42.8 Å². The summed E-state index contributed by atoms with van der Waals surface area (Å²) in [7, 11) is 0. The van der Waals surface area contributed by atoms with Gasteiger partial charge in [-0.2, -0.15) is 0 Å². The molecule has 0 unspecified atom stereocenters. The normalized spacial score (nSPS) is 10.9. The maximum atomic E-state index is 12.8. The van der Waals surface area contributed by atoms with E-state index in [0.717, 1.165) is 16.8 Å². The minimum atomic E-state index is -0.0938. The molecule has 0 aliphatic carbocycles. The van der Waals surface area contributed by atoms with Crippen LogP contribution in [0.25, 0.3) is 21.8 Å². The first kappa shape index (κ1) is 18.7. The van der Waals surface area contributed by atoms with Crippen molar-refractivity contribution < 1.29 is 9.53 Å². The van der Waals surface area contributed by atoms with Crippen LogP contribution in [0.3, 0.4) is 0 Å². The Kier molecular flexibility index (Phi) is 5.56. The summed E-state index contributed by atoms with van der Waals surface area (Å²) >= 11 is 0. The second-order valence-corrected chi connectivity index (χ2v) is 6.81. The highest BCUT2D eigenvalue weighted by Crippen LogP contribution is 2.19. The number of hydrogen-bond acceptors (Lipinski definition) is 3. The van der Waals surface area contributed by atoms with Crippen LogP contribution in [0.1, 0.15) is 6.42 Å². The van der Waals surface area contributed by atoms with E-state index in [1.165, 1.54) is 0 Å². The molecule has 0 saturated carbocycles. The highest BCUT2D eigenvalue weighted by molar-refractivity contribution is 5.94. The van der Waals surface area contributed by atoms with Gasteiger partial charge in [-0.25, -0.2) is 0 Å². The first-order valence-corrected chi connectivity index (χ1v) is 9.69. The predicted octanol–water partition coefficient (Wildman–Crippen LogP) is 3.74. The number of amides is 1. The highest BCUT2D eigenvalue weighted by atomic mass is 16.5. The molecule has 1 aromatic heterocycles. The maximum Gasteiger partial charge on any atom is 0.239 e. The molecule has 4 rings (SSSR count). The first-order chi connectivity index (χ1) is 14.2. The van der Waals surface area contributed by atoms with Gasteiger partial charge >= 0.3 is 0 Å². The molecule has 0 atom stereocenters. The Balaban J connectivity index is 1.45. The molecule has 1 heterocycles. The zero-order valence-corrected chi connectivity index (χ0v) is 16.0. The van der Waals surface area contributed by atoms with Crippen molar-refractivity contribution in [1.29, 1.82) is 0 Å². The Morgan fingerprint density at radius 3 is 2.07 bits per heavy atom. The number of carbonyl (C=O) groups excluding carboxylic acids is 1. The third kappa shape index (κ3) is 4.14. The Morgan fingerprint density at radius 1 is 0.828 bits per heavy atom. The van der Waals surface area contributed by atoms with Crippen LogP contribution in [-0.4, -0.2) is 23.6 Å². The number of aromatic nitrogens is 1. The second-order valence-electron chi connectivity index (χ2n) is 6.81. The van der Waals surface area contributed by atoms with Crippen molar-refractivity contribution in [3.05, 3.63) is 89.1 Å². The fraction of sp³-hybridized carbons (Fsp3) is 0.167. The van der Waals surface area contributed by atoms with Crippen LogP contribution < -0.4 is 15.5 Å². The number of hydrogen-bond donors (Lipinski definition) is 1. The summed E-state index contributed by atoms with van der Waals surface area (Å²) in [6, 6.07) is 24.4. The summed E-state index contributed by atoms with van der Waals surface area (Å²) < 4.78 is 7.55. The highest BCUT2D eigenvalue weighted by Gasteiger charge is 2.12. The van der Waals surface area contributed by atoms with Crippen LogP contribution in [-0.2, 0) is 11.3 Å². The van der Waals surface area contributed by atoms with Crippen molar-refractivity contribution in [3.8, 4) is 5.75 Å². The van der Waals surface area contributed by atoms with Crippen molar-refractivity contribution in [1.82, 2.24) is 9.88 Å². The van der Waals surface area contributed by atoms with Gasteiger partial charge in [0.05, 0.1) is 17.6 Å². The maximum absolute atomic E-state index is 12.8. The number of rotatable bonds is 7. The Hall–Kier alpha value is -3.60. The molecule has 1 N–H and O–H groups in total. The molecular formula is C24H22N2O3. The number of para-hydroxylation sites is 3. The van der Waals surface area contributed by atoms with Crippen LogP contribution in [0, 0.1) is 0 Å². The minimum absolute atomic E-state index is 0.00841. The van der Waals surface area contributed by atoms with Crippen molar-refractivity contribution in [2.45, 2.75) is 13.0 Å². The number of carbonyl (C=O) groups is 1. The lowest BCUT2D eigenvalue weighted by molar-refractivity contribution is -0.121. The molecule has 3 aromatic carbocycles. The van der Waals surface area contributed by atoms with E-state index in [4.69, 9.17) is 4.74 Å². The van der Waals surface area contributed by atoms with Gasteiger partial charge in [-0.1, -0.05) is 42.5 Å². The predicted molar refractivity (Wildman–Crippen MR) is 115 cm³/mol. The van der Waals surface area contributed by atoms with Crippen LogP contribution >= 0.6 is 0 Å². The van der Waals surface area contributed by atoms with E-state index in [9.17, 15) is 9.59 Å². The quantitative estimate of drug-likeness (QED) is 0.389. The second kappa shape index (κ2) is 8.61. The third-order valence-electron chi connectivity index (χ3n) is 4.84. The van der Waals surface area contributed by atoms with Gasteiger partial charge in [0.25, 0.3) is 0 Å². The van der Waals surface area contributed by atoms with Gasteiger partial charge in [-0.3, -0.25) is 9.59 Å². The molecule has 5 heteroatoms. The van der Waals surface area contributed by atoms with Crippen molar-refractivity contribution in [2.75, 3.05) is 13.2 Å². The zero-order valence-electron chi connectivity index (χ0n) is 16.0. The molecule has 0 fully saturated rings. The number of benzene rings is 3. The van der Waals surface area contributed by atoms with Gasteiger partial charge in [0, 0.05) is 17.3 Å². The lowest BCUT2D eigenvalue weighted by Crippen LogP contribution is -2.30. The summed E-state index contributed by atoms with van der Waals surface area (Å²) in [5.41, 5.74) is 1.52. The van der Waals surface area contributed by atoms with Crippen molar-refractivity contribution in [3.63, 3.8) is 0 Å². The fourth-order valence-electron chi connectivity index (χ4n) is 3.45. The average Bonchev–Trinajstić information content (AvgIpc) is 2.77. The fourth-order valence-corrected chi connectivity index (χ4v) is 3.45. The lowest BCUT2D eigenvalue weighted by atomic mass is 10.1. The van der Waals surface area contributed by atoms with Gasteiger partial charge in [-0.15, -0.1) is 0 Å². The lowest BCUT2D eigenvalue weighted by Gasteiger charge is -2.15. The summed E-state index contributed by atoms with van der Waals surface area (Å²) in [4.78, 5) is 25.3. The Labute approximate surface area is 168 Å². The molecule has 29 heavy (non-hydrogen) atoms. The van der Waals surface area contributed by atoms with Crippen LogP contribution in [0.5, 0.6) is 5.75 Å². The Morgan fingerprint density at radius 2 is 1.41 bits per heavy atom. The van der Waals surface area contributed by atoms with Gasteiger partial charge in [0.1, 0.15) is 12.3 Å². The summed E-state index contributed by atoms with van der Waals surface area (Å²) in [6.45, 7) is 1.22. The molecule has 0 saturated heterocycles. The molecular weight excluding hydrogens is 364 g/mol. The van der Waals surface area contributed by atoms with Crippen molar-refractivity contribution in [2.24, 2.45) is 0 Å².